The summed E-state index contributed by atoms with van der Waals surface area (Å²) in [7, 11) is 0. The maximum absolute atomic E-state index is 11.6. The predicted molar refractivity (Wildman–Crippen MR) is 55.9 cm³/mol. The Balaban J connectivity index is 2.57. The first-order valence-electron chi connectivity index (χ1n) is 4.66. The van der Waals surface area contributed by atoms with Crippen LogP contribution in [0.15, 0.2) is 18.3 Å². The van der Waals surface area contributed by atoms with E-state index in [0.29, 0.717) is 18.7 Å². The molecule has 0 saturated heterocycles. The van der Waals surface area contributed by atoms with Gasteiger partial charge in [0.2, 0.25) is 0 Å². The van der Waals surface area contributed by atoms with Crippen molar-refractivity contribution >= 4 is 5.91 Å². The van der Waals surface area contributed by atoms with Crippen molar-refractivity contribution < 1.29 is 4.79 Å². The lowest BCUT2D eigenvalue weighted by Crippen LogP contribution is -2.26. The van der Waals surface area contributed by atoms with E-state index in [0.717, 1.165) is 6.54 Å². The highest BCUT2D eigenvalue weighted by Gasteiger charge is 2.07. The summed E-state index contributed by atoms with van der Waals surface area (Å²) >= 11 is 0. The van der Waals surface area contributed by atoms with E-state index in [1.165, 1.54) is 0 Å². The van der Waals surface area contributed by atoms with Crippen molar-refractivity contribution in [2.24, 2.45) is 0 Å². The molecule has 0 spiro atoms. The van der Waals surface area contributed by atoms with Gasteiger partial charge in [-0.1, -0.05) is 0 Å². The molecule has 0 saturated carbocycles. The van der Waals surface area contributed by atoms with Gasteiger partial charge in [0.15, 0.2) is 0 Å². The topological polar surface area (TPSA) is 34.0 Å². The summed E-state index contributed by atoms with van der Waals surface area (Å²) in [5.74, 6) is 2.41. The van der Waals surface area contributed by atoms with Gasteiger partial charge in [0.25, 0.3) is 5.91 Å². The quantitative estimate of drug-likeness (QED) is 0.563. The lowest BCUT2D eigenvalue weighted by Gasteiger charge is -2.06. The number of amides is 1. The van der Waals surface area contributed by atoms with E-state index in [9.17, 15) is 4.79 Å². The van der Waals surface area contributed by atoms with Crippen LogP contribution in [0, 0.1) is 12.3 Å². The Kier molecular flexibility index (Phi) is 3.81. The molecule has 0 aliphatic heterocycles. The number of nitrogens with zero attached hydrogens (tertiary/aromatic N) is 1. The number of carbonyl (C=O) groups is 1. The van der Waals surface area contributed by atoms with Crippen molar-refractivity contribution in [2.75, 3.05) is 6.54 Å². The maximum atomic E-state index is 11.6. The van der Waals surface area contributed by atoms with Crippen LogP contribution < -0.4 is 5.32 Å². The highest BCUT2D eigenvalue weighted by atomic mass is 16.1. The zero-order valence-corrected chi connectivity index (χ0v) is 8.29. The van der Waals surface area contributed by atoms with Crippen LogP contribution >= 0.6 is 0 Å². The molecule has 1 amide bonds. The summed E-state index contributed by atoms with van der Waals surface area (Å²) < 4.78 is 1.89. The van der Waals surface area contributed by atoms with Crippen LogP contribution in [0.1, 0.15) is 23.8 Å². The van der Waals surface area contributed by atoms with Gasteiger partial charge in [-0.3, -0.25) is 4.79 Å². The van der Waals surface area contributed by atoms with Gasteiger partial charge in [-0.25, -0.2) is 0 Å². The Morgan fingerprint density at radius 1 is 1.71 bits per heavy atom. The molecule has 1 heterocycles. The lowest BCUT2D eigenvalue weighted by atomic mass is 10.3. The van der Waals surface area contributed by atoms with Gasteiger partial charge >= 0.3 is 0 Å². The molecule has 0 unspecified atom stereocenters. The number of terminal acetylenes is 1. The smallest absolute Gasteiger partial charge is 0.267 e. The Bertz CT molecular complexity index is 346. The van der Waals surface area contributed by atoms with Gasteiger partial charge in [-0.15, -0.1) is 12.3 Å². The van der Waals surface area contributed by atoms with Gasteiger partial charge in [0.1, 0.15) is 5.69 Å². The number of hydrogen-bond acceptors (Lipinski definition) is 1. The number of rotatable bonds is 4. The molecule has 0 fully saturated rings. The standard InChI is InChI=1S/C11H14N2O/c1-3-5-8-12-11(14)10-7-6-9-13(10)4-2/h1,6-7,9H,4-5,8H2,2H3,(H,12,14). The zero-order valence-electron chi connectivity index (χ0n) is 8.29. The largest absolute Gasteiger partial charge is 0.350 e. The Hall–Kier alpha value is -1.69. The molecule has 1 N–H and O–H groups in total. The van der Waals surface area contributed by atoms with E-state index in [2.05, 4.69) is 11.2 Å². The van der Waals surface area contributed by atoms with Gasteiger partial charge in [-0.2, -0.15) is 0 Å². The van der Waals surface area contributed by atoms with Crippen molar-refractivity contribution in [1.29, 1.82) is 0 Å². The maximum Gasteiger partial charge on any atom is 0.267 e. The Labute approximate surface area is 84.1 Å². The molecule has 14 heavy (non-hydrogen) atoms. The predicted octanol–water partition coefficient (Wildman–Crippen LogP) is 1.26. The summed E-state index contributed by atoms with van der Waals surface area (Å²) in [6.07, 6.45) is 7.54. The number of hydrogen-bond donors (Lipinski definition) is 1. The molecular formula is C11H14N2O. The second-order valence-corrected chi connectivity index (χ2v) is 2.89. The van der Waals surface area contributed by atoms with Gasteiger partial charge in [-0.05, 0) is 19.1 Å². The third-order valence-electron chi connectivity index (χ3n) is 1.96. The van der Waals surface area contributed by atoms with E-state index in [4.69, 9.17) is 6.42 Å². The number of aryl methyl sites for hydroxylation is 1. The molecule has 0 radical (unpaired) electrons. The summed E-state index contributed by atoms with van der Waals surface area (Å²) in [6.45, 7) is 3.33. The summed E-state index contributed by atoms with van der Waals surface area (Å²) in [6, 6.07) is 3.66. The number of nitrogens with one attached hydrogen (secondary N) is 1. The molecule has 1 rings (SSSR count). The van der Waals surface area contributed by atoms with Crippen LogP contribution in [0.3, 0.4) is 0 Å². The second kappa shape index (κ2) is 5.13. The molecule has 0 atom stereocenters. The molecule has 0 aliphatic rings. The number of carbonyl (C=O) groups excluding carboxylic acids is 1. The van der Waals surface area contributed by atoms with Crippen molar-refractivity contribution in [2.45, 2.75) is 19.9 Å². The van der Waals surface area contributed by atoms with E-state index < -0.39 is 0 Å². The molecule has 3 nitrogen and oxygen atoms in total. The summed E-state index contributed by atoms with van der Waals surface area (Å²) in [4.78, 5) is 11.6. The fraction of sp³-hybridized carbons (Fsp3) is 0.364. The fourth-order valence-electron chi connectivity index (χ4n) is 1.23. The van der Waals surface area contributed by atoms with Gasteiger partial charge in [0, 0.05) is 25.7 Å². The minimum Gasteiger partial charge on any atom is -0.350 e. The van der Waals surface area contributed by atoms with Crippen LogP contribution in [0.2, 0.25) is 0 Å². The van der Waals surface area contributed by atoms with Crippen molar-refractivity contribution in [3.63, 3.8) is 0 Å². The monoisotopic (exact) mass is 190 g/mol. The molecule has 74 valence electrons. The normalized spacial score (nSPS) is 9.43. The third-order valence-corrected chi connectivity index (χ3v) is 1.96. The summed E-state index contributed by atoms with van der Waals surface area (Å²) in [5, 5.41) is 2.76. The van der Waals surface area contributed by atoms with E-state index in [1.807, 2.05) is 23.8 Å². The van der Waals surface area contributed by atoms with Crippen molar-refractivity contribution in [1.82, 2.24) is 9.88 Å². The van der Waals surface area contributed by atoms with Crippen molar-refractivity contribution in [3.05, 3.63) is 24.0 Å². The molecule has 0 aliphatic carbocycles. The van der Waals surface area contributed by atoms with E-state index in [1.54, 1.807) is 6.07 Å². The van der Waals surface area contributed by atoms with Crippen LogP contribution in [0.5, 0.6) is 0 Å². The van der Waals surface area contributed by atoms with Crippen LogP contribution in [0.4, 0.5) is 0 Å². The van der Waals surface area contributed by atoms with Crippen LogP contribution in [-0.2, 0) is 6.54 Å². The first-order chi connectivity index (χ1) is 6.79. The zero-order chi connectivity index (χ0) is 10.4. The SMILES string of the molecule is C#CCCNC(=O)c1cccn1CC. The van der Waals surface area contributed by atoms with Crippen molar-refractivity contribution in [3.8, 4) is 12.3 Å². The summed E-state index contributed by atoms with van der Waals surface area (Å²) in [5.41, 5.74) is 0.685. The molecule has 1 aromatic rings. The minimum atomic E-state index is -0.0629. The average Bonchev–Trinajstić information content (AvgIpc) is 2.65. The van der Waals surface area contributed by atoms with E-state index >= 15 is 0 Å². The fourth-order valence-corrected chi connectivity index (χ4v) is 1.23. The van der Waals surface area contributed by atoms with Gasteiger partial charge < -0.3 is 9.88 Å². The molecule has 0 aromatic carbocycles. The van der Waals surface area contributed by atoms with Crippen LogP contribution in [-0.4, -0.2) is 17.0 Å². The Morgan fingerprint density at radius 2 is 2.50 bits per heavy atom. The average molecular weight is 190 g/mol. The second-order valence-electron chi connectivity index (χ2n) is 2.89. The van der Waals surface area contributed by atoms with Crippen LogP contribution in [0.25, 0.3) is 0 Å². The first-order valence-corrected chi connectivity index (χ1v) is 4.66. The number of aromatic nitrogens is 1. The van der Waals surface area contributed by atoms with Gasteiger partial charge in [0.05, 0.1) is 0 Å². The minimum absolute atomic E-state index is 0.0629. The molecule has 1 aromatic heterocycles. The molecule has 3 heteroatoms. The third kappa shape index (κ3) is 2.40. The lowest BCUT2D eigenvalue weighted by molar-refractivity contribution is 0.0945. The Morgan fingerprint density at radius 3 is 3.14 bits per heavy atom. The molecule has 0 bridgehead atoms. The van der Waals surface area contributed by atoms with E-state index in [-0.39, 0.29) is 5.91 Å². The first kappa shape index (κ1) is 10.4. The highest BCUT2D eigenvalue weighted by Crippen LogP contribution is 2.01. The highest BCUT2D eigenvalue weighted by molar-refractivity contribution is 5.92. The molecular weight excluding hydrogens is 176 g/mol.